The zero-order valence-electron chi connectivity index (χ0n) is 12.8. The summed E-state index contributed by atoms with van der Waals surface area (Å²) in [7, 11) is 0. The van der Waals surface area contributed by atoms with Gasteiger partial charge in [0, 0.05) is 6.54 Å². The average molecular weight is 293 g/mol. The summed E-state index contributed by atoms with van der Waals surface area (Å²) in [6, 6.07) is 17.0. The van der Waals surface area contributed by atoms with Gasteiger partial charge in [0.2, 0.25) is 0 Å². The smallest absolute Gasteiger partial charge is 0.263 e. The molecule has 5 nitrogen and oxygen atoms in total. The molecule has 112 valence electrons. The van der Waals surface area contributed by atoms with Crippen LogP contribution >= 0.6 is 0 Å². The summed E-state index contributed by atoms with van der Waals surface area (Å²) in [5.41, 5.74) is 4.98. The van der Waals surface area contributed by atoms with E-state index < -0.39 is 0 Å². The molecule has 0 aliphatic rings. The summed E-state index contributed by atoms with van der Waals surface area (Å²) in [5, 5.41) is 15.3. The molecule has 0 bridgehead atoms. The lowest BCUT2D eigenvalue weighted by molar-refractivity contribution is 0.552. The number of benzene rings is 2. The minimum absolute atomic E-state index is 0.560. The van der Waals surface area contributed by atoms with Crippen molar-refractivity contribution in [1.82, 2.24) is 20.2 Å². The molecule has 5 heteroatoms. The van der Waals surface area contributed by atoms with E-state index in [1.54, 1.807) is 4.80 Å². The standard InChI is InChI=1S/C17H19N5/c1-3-22-20-17(19-21-22)18-12-14-8-10-15(11-9-14)16-7-5-4-6-13(16)2/h4-11H,3,12H2,1-2H3,(H,18,20). The van der Waals surface area contributed by atoms with Crippen LogP contribution in [-0.2, 0) is 13.1 Å². The predicted octanol–water partition coefficient (Wildman–Crippen LogP) is 3.28. The first-order valence-corrected chi connectivity index (χ1v) is 7.43. The maximum Gasteiger partial charge on any atom is 0.263 e. The number of aromatic nitrogens is 4. The zero-order valence-corrected chi connectivity index (χ0v) is 12.8. The number of nitrogens with one attached hydrogen (secondary N) is 1. The van der Waals surface area contributed by atoms with E-state index in [2.05, 4.69) is 76.2 Å². The Balaban J connectivity index is 1.68. The number of rotatable bonds is 5. The van der Waals surface area contributed by atoms with Crippen LogP contribution in [0, 0.1) is 6.92 Å². The van der Waals surface area contributed by atoms with Crippen LogP contribution in [0.5, 0.6) is 0 Å². The fourth-order valence-corrected chi connectivity index (χ4v) is 2.33. The fourth-order valence-electron chi connectivity index (χ4n) is 2.33. The monoisotopic (exact) mass is 293 g/mol. The fraction of sp³-hybridized carbons (Fsp3) is 0.235. The third kappa shape index (κ3) is 3.14. The van der Waals surface area contributed by atoms with Crippen LogP contribution < -0.4 is 5.32 Å². The molecule has 0 atom stereocenters. The van der Waals surface area contributed by atoms with E-state index in [9.17, 15) is 0 Å². The van der Waals surface area contributed by atoms with Gasteiger partial charge in [0.15, 0.2) is 0 Å². The first kappa shape index (κ1) is 14.3. The minimum atomic E-state index is 0.560. The van der Waals surface area contributed by atoms with E-state index in [0.29, 0.717) is 12.5 Å². The van der Waals surface area contributed by atoms with Crippen molar-refractivity contribution in [2.75, 3.05) is 5.32 Å². The molecule has 0 unspecified atom stereocenters. The first-order valence-electron chi connectivity index (χ1n) is 7.43. The summed E-state index contributed by atoms with van der Waals surface area (Å²) >= 11 is 0. The highest BCUT2D eigenvalue weighted by Gasteiger charge is 2.03. The van der Waals surface area contributed by atoms with Crippen LogP contribution in [-0.4, -0.2) is 20.2 Å². The molecule has 1 heterocycles. The molecule has 3 rings (SSSR count). The van der Waals surface area contributed by atoms with Gasteiger partial charge >= 0.3 is 0 Å². The quantitative estimate of drug-likeness (QED) is 0.784. The third-order valence-corrected chi connectivity index (χ3v) is 3.60. The maximum atomic E-state index is 4.20. The van der Waals surface area contributed by atoms with Gasteiger partial charge in [-0.3, -0.25) is 0 Å². The molecule has 0 saturated heterocycles. The van der Waals surface area contributed by atoms with Gasteiger partial charge in [0.25, 0.3) is 5.95 Å². The summed E-state index contributed by atoms with van der Waals surface area (Å²) in [5.74, 6) is 0.560. The van der Waals surface area contributed by atoms with Gasteiger partial charge in [0.1, 0.15) is 0 Å². The number of tetrazole rings is 1. The summed E-state index contributed by atoms with van der Waals surface area (Å²) in [6.45, 7) is 5.52. The van der Waals surface area contributed by atoms with Crippen molar-refractivity contribution in [3.63, 3.8) is 0 Å². The molecule has 1 aromatic heterocycles. The van der Waals surface area contributed by atoms with Crippen molar-refractivity contribution >= 4 is 5.95 Å². The van der Waals surface area contributed by atoms with Gasteiger partial charge < -0.3 is 5.32 Å². The molecule has 0 aliphatic heterocycles. The molecule has 0 spiro atoms. The summed E-state index contributed by atoms with van der Waals surface area (Å²) < 4.78 is 0. The molecule has 0 saturated carbocycles. The SMILES string of the molecule is CCn1nnc(NCc2ccc(-c3ccccc3C)cc2)n1. The van der Waals surface area contributed by atoms with E-state index >= 15 is 0 Å². The number of hydrogen-bond donors (Lipinski definition) is 1. The van der Waals surface area contributed by atoms with Crippen molar-refractivity contribution in [3.05, 3.63) is 59.7 Å². The van der Waals surface area contributed by atoms with Crippen LogP contribution in [0.25, 0.3) is 11.1 Å². The zero-order chi connectivity index (χ0) is 15.4. The predicted molar refractivity (Wildman–Crippen MR) is 87.4 cm³/mol. The van der Waals surface area contributed by atoms with Gasteiger partial charge in [-0.25, -0.2) is 0 Å². The molecule has 1 N–H and O–H groups in total. The molecule has 0 fully saturated rings. The molecular formula is C17H19N5. The van der Waals surface area contributed by atoms with Crippen LogP contribution in [0.4, 0.5) is 5.95 Å². The van der Waals surface area contributed by atoms with Crippen LogP contribution in [0.1, 0.15) is 18.1 Å². The van der Waals surface area contributed by atoms with E-state index in [1.807, 2.05) is 6.92 Å². The molecule has 3 aromatic rings. The van der Waals surface area contributed by atoms with E-state index in [4.69, 9.17) is 0 Å². The first-order chi connectivity index (χ1) is 10.8. The summed E-state index contributed by atoms with van der Waals surface area (Å²) in [4.78, 5) is 1.56. The second-order valence-electron chi connectivity index (χ2n) is 5.17. The lowest BCUT2D eigenvalue weighted by Gasteiger charge is -2.07. The topological polar surface area (TPSA) is 55.6 Å². The third-order valence-electron chi connectivity index (χ3n) is 3.60. The molecule has 0 aliphatic carbocycles. The van der Waals surface area contributed by atoms with Crippen molar-refractivity contribution in [2.24, 2.45) is 0 Å². The van der Waals surface area contributed by atoms with Gasteiger partial charge in [-0.1, -0.05) is 53.6 Å². The number of nitrogens with zero attached hydrogens (tertiary/aromatic N) is 4. The lowest BCUT2D eigenvalue weighted by atomic mass is 10.00. The second-order valence-corrected chi connectivity index (χ2v) is 5.17. The molecule has 2 aromatic carbocycles. The van der Waals surface area contributed by atoms with Gasteiger partial charge in [-0.05, 0) is 41.3 Å². The van der Waals surface area contributed by atoms with Crippen molar-refractivity contribution in [2.45, 2.75) is 26.9 Å². The Kier molecular flexibility index (Phi) is 4.14. The van der Waals surface area contributed by atoms with Crippen molar-refractivity contribution < 1.29 is 0 Å². The lowest BCUT2D eigenvalue weighted by Crippen LogP contribution is -2.02. The Morgan fingerprint density at radius 3 is 2.50 bits per heavy atom. The van der Waals surface area contributed by atoms with Gasteiger partial charge in [-0.15, -0.1) is 5.10 Å². The molecular weight excluding hydrogens is 274 g/mol. The molecule has 22 heavy (non-hydrogen) atoms. The minimum Gasteiger partial charge on any atom is -0.348 e. The summed E-state index contributed by atoms with van der Waals surface area (Å²) in [6.07, 6.45) is 0. The largest absolute Gasteiger partial charge is 0.348 e. The maximum absolute atomic E-state index is 4.20. The molecule has 0 amide bonds. The average Bonchev–Trinajstić information content (AvgIpc) is 3.02. The van der Waals surface area contributed by atoms with Crippen LogP contribution in [0.3, 0.4) is 0 Å². The number of aryl methyl sites for hydroxylation is 2. The van der Waals surface area contributed by atoms with E-state index in [1.165, 1.54) is 22.3 Å². The Morgan fingerprint density at radius 2 is 1.82 bits per heavy atom. The van der Waals surface area contributed by atoms with Crippen LogP contribution in [0.15, 0.2) is 48.5 Å². The number of anilines is 1. The highest BCUT2D eigenvalue weighted by molar-refractivity contribution is 5.67. The second kappa shape index (κ2) is 6.39. The normalized spacial score (nSPS) is 10.6. The Bertz CT molecular complexity index is 746. The highest BCUT2D eigenvalue weighted by atomic mass is 15.6. The van der Waals surface area contributed by atoms with Gasteiger partial charge in [-0.2, -0.15) is 4.80 Å². The van der Waals surface area contributed by atoms with Crippen molar-refractivity contribution in [3.8, 4) is 11.1 Å². The number of hydrogen-bond acceptors (Lipinski definition) is 4. The molecule has 0 radical (unpaired) electrons. The Morgan fingerprint density at radius 1 is 1.05 bits per heavy atom. The van der Waals surface area contributed by atoms with Crippen LogP contribution in [0.2, 0.25) is 0 Å². The van der Waals surface area contributed by atoms with E-state index in [-0.39, 0.29) is 0 Å². The Labute approximate surface area is 130 Å². The van der Waals surface area contributed by atoms with Crippen molar-refractivity contribution in [1.29, 1.82) is 0 Å². The Hall–Kier alpha value is -2.69. The highest BCUT2D eigenvalue weighted by Crippen LogP contribution is 2.23. The van der Waals surface area contributed by atoms with Gasteiger partial charge in [0.05, 0.1) is 6.54 Å². The van der Waals surface area contributed by atoms with E-state index in [0.717, 1.165) is 6.54 Å².